The van der Waals surface area contributed by atoms with Crippen LogP contribution in [0.2, 0.25) is 0 Å². The van der Waals surface area contributed by atoms with Crippen LogP contribution in [0.5, 0.6) is 0 Å². The first-order valence-electron chi connectivity index (χ1n) is 8.03. The molecule has 0 saturated heterocycles. The zero-order valence-corrected chi connectivity index (χ0v) is 14.3. The van der Waals surface area contributed by atoms with E-state index >= 15 is 0 Å². The topological polar surface area (TPSA) is 67.9 Å². The normalized spacial score (nSPS) is 15.4. The second-order valence-corrected chi connectivity index (χ2v) is 5.58. The smallest absolute Gasteiger partial charge is 0.416 e. The fraction of sp³-hybridized carbons (Fsp3) is 0.333. The molecular formula is C18H20F3N3O2. The predicted octanol–water partition coefficient (Wildman–Crippen LogP) is 2.88. The van der Waals surface area contributed by atoms with Crippen molar-refractivity contribution < 1.29 is 22.7 Å². The number of benzene rings is 1. The van der Waals surface area contributed by atoms with Gasteiger partial charge in [0.2, 0.25) is 0 Å². The zero-order chi connectivity index (χ0) is 19.3. The molecule has 1 heterocycles. The number of amidine groups is 1. The van der Waals surface area contributed by atoms with Crippen molar-refractivity contribution in [3.8, 4) is 0 Å². The second kappa shape index (κ2) is 8.07. The predicted molar refractivity (Wildman–Crippen MR) is 92.2 cm³/mol. The van der Waals surface area contributed by atoms with Crippen LogP contribution in [0, 0.1) is 0 Å². The Labute approximate surface area is 149 Å². The molecule has 8 heteroatoms. The minimum atomic E-state index is -4.42. The van der Waals surface area contributed by atoms with E-state index in [2.05, 4.69) is 11.6 Å². The third kappa shape index (κ3) is 4.44. The Morgan fingerprint density at radius 2 is 2.19 bits per heavy atom. The highest BCUT2D eigenvalue weighted by molar-refractivity contribution is 6.20. The first-order valence-corrected chi connectivity index (χ1v) is 8.03. The lowest BCUT2D eigenvalue weighted by atomic mass is 10.1. The van der Waals surface area contributed by atoms with Gasteiger partial charge in [-0.15, -0.1) is 0 Å². The van der Waals surface area contributed by atoms with Gasteiger partial charge < -0.3 is 15.4 Å². The Balaban J connectivity index is 2.30. The summed E-state index contributed by atoms with van der Waals surface area (Å²) in [6, 6.07) is 5.05. The molecule has 2 N–H and O–H groups in total. The maximum atomic E-state index is 12.9. The van der Waals surface area contributed by atoms with E-state index < -0.39 is 17.7 Å². The first-order chi connectivity index (χ1) is 12.3. The molecule has 140 valence electrons. The van der Waals surface area contributed by atoms with Crippen LogP contribution in [-0.2, 0) is 22.3 Å². The van der Waals surface area contributed by atoms with E-state index in [1.54, 1.807) is 17.9 Å². The standard InChI is InChI=1S/C18H20F3N3O2/c1-3-14(22)15(17(25)26-4-2)16-23-8-9-24(16)11-12-6-5-7-13(10-12)18(19,20)21/h3,5-7,10H,1,4,8-9,11,22H2,2H3. The third-order valence-corrected chi connectivity index (χ3v) is 3.77. The first kappa shape index (κ1) is 19.6. The molecule has 0 radical (unpaired) electrons. The van der Waals surface area contributed by atoms with Gasteiger partial charge in [0.15, 0.2) is 0 Å². The number of hydrogen-bond donors (Lipinski definition) is 1. The molecule has 0 unspecified atom stereocenters. The molecule has 1 aromatic rings. The van der Waals surface area contributed by atoms with Gasteiger partial charge in [-0.05, 0) is 30.7 Å². The minimum absolute atomic E-state index is 0.0753. The van der Waals surface area contributed by atoms with Crippen LogP contribution in [0.25, 0.3) is 0 Å². The van der Waals surface area contributed by atoms with Crippen LogP contribution in [0.3, 0.4) is 0 Å². The average Bonchev–Trinajstić information content (AvgIpc) is 3.02. The van der Waals surface area contributed by atoms with Crippen molar-refractivity contribution in [2.24, 2.45) is 10.7 Å². The van der Waals surface area contributed by atoms with Gasteiger partial charge in [0.05, 0.1) is 18.7 Å². The zero-order valence-electron chi connectivity index (χ0n) is 14.3. The fourth-order valence-electron chi connectivity index (χ4n) is 2.58. The van der Waals surface area contributed by atoms with Crippen LogP contribution in [0.1, 0.15) is 18.1 Å². The third-order valence-electron chi connectivity index (χ3n) is 3.77. The number of esters is 1. The summed E-state index contributed by atoms with van der Waals surface area (Å²) in [5, 5.41) is 0. The van der Waals surface area contributed by atoms with Crippen LogP contribution < -0.4 is 5.73 Å². The molecule has 0 fully saturated rings. The van der Waals surface area contributed by atoms with Crippen molar-refractivity contribution in [1.29, 1.82) is 0 Å². The highest BCUT2D eigenvalue weighted by Gasteiger charge is 2.31. The maximum Gasteiger partial charge on any atom is 0.416 e. The lowest BCUT2D eigenvalue weighted by Gasteiger charge is -2.22. The van der Waals surface area contributed by atoms with Gasteiger partial charge >= 0.3 is 12.1 Å². The molecular weight excluding hydrogens is 347 g/mol. The minimum Gasteiger partial charge on any atom is -0.462 e. The van der Waals surface area contributed by atoms with Crippen molar-refractivity contribution in [3.63, 3.8) is 0 Å². The Kier molecular flexibility index (Phi) is 6.07. The van der Waals surface area contributed by atoms with Crippen molar-refractivity contribution in [2.45, 2.75) is 19.6 Å². The summed E-state index contributed by atoms with van der Waals surface area (Å²) in [6.07, 6.45) is -3.10. The lowest BCUT2D eigenvalue weighted by Crippen LogP contribution is -2.33. The fourth-order valence-corrected chi connectivity index (χ4v) is 2.58. The quantitative estimate of drug-likeness (QED) is 0.477. The van der Waals surface area contributed by atoms with Gasteiger partial charge in [-0.1, -0.05) is 18.7 Å². The van der Waals surface area contributed by atoms with E-state index in [1.807, 2.05) is 0 Å². The molecule has 0 aliphatic carbocycles. The van der Waals surface area contributed by atoms with Crippen molar-refractivity contribution >= 4 is 11.8 Å². The van der Waals surface area contributed by atoms with E-state index in [1.165, 1.54) is 12.1 Å². The van der Waals surface area contributed by atoms with E-state index in [9.17, 15) is 18.0 Å². The van der Waals surface area contributed by atoms with Crippen LogP contribution in [-0.4, -0.2) is 36.4 Å². The highest BCUT2D eigenvalue weighted by atomic mass is 19.4. The molecule has 26 heavy (non-hydrogen) atoms. The molecule has 5 nitrogen and oxygen atoms in total. The van der Waals surface area contributed by atoms with Gasteiger partial charge in [0.1, 0.15) is 11.4 Å². The molecule has 0 bridgehead atoms. The number of hydrogen-bond acceptors (Lipinski definition) is 5. The number of rotatable bonds is 6. The van der Waals surface area contributed by atoms with E-state index in [4.69, 9.17) is 10.5 Å². The summed E-state index contributed by atoms with van der Waals surface area (Å²) in [6.45, 7) is 6.40. The number of halogens is 3. The summed E-state index contributed by atoms with van der Waals surface area (Å²) < 4.78 is 43.7. The monoisotopic (exact) mass is 367 g/mol. The molecule has 0 amide bonds. The Hall–Kier alpha value is -2.77. The van der Waals surface area contributed by atoms with Crippen LogP contribution >= 0.6 is 0 Å². The Morgan fingerprint density at radius 1 is 1.46 bits per heavy atom. The SMILES string of the molecule is C=CC(N)=C(C(=O)OCC)C1=NCCN1Cc1cccc(C(F)(F)F)c1. The molecule has 0 saturated carbocycles. The number of alkyl halides is 3. The lowest BCUT2D eigenvalue weighted by molar-refractivity contribution is -0.138. The number of nitrogens with zero attached hydrogens (tertiary/aromatic N) is 2. The highest BCUT2D eigenvalue weighted by Crippen LogP contribution is 2.30. The number of nitrogens with two attached hydrogens (primary N) is 1. The van der Waals surface area contributed by atoms with Crippen molar-refractivity contribution in [3.05, 3.63) is 59.3 Å². The van der Waals surface area contributed by atoms with Gasteiger partial charge in [-0.25, -0.2) is 4.79 Å². The van der Waals surface area contributed by atoms with Crippen LogP contribution in [0.4, 0.5) is 13.2 Å². The van der Waals surface area contributed by atoms with E-state index in [0.717, 1.165) is 12.1 Å². The number of aliphatic imine (C=N–C) groups is 1. The maximum absolute atomic E-state index is 12.9. The summed E-state index contributed by atoms with van der Waals surface area (Å²) in [7, 11) is 0. The molecule has 1 aromatic carbocycles. The van der Waals surface area contributed by atoms with Gasteiger partial charge in [-0.3, -0.25) is 4.99 Å². The van der Waals surface area contributed by atoms with Gasteiger partial charge in [0.25, 0.3) is 0 Å². The van der Waals surface area contributed by atoms with Crippen molar-refractivity contribution in [2.75, 3.05) is 19.7 Å². The van der Waals surface area contributed by atoms with E-state index in [0.29, 0.717) is 24.5 Å². The largest absolute Gasteiger partial charge is 0.462 e. The number of carbonyl (C=O) groups excluding carboxylic acids is 1. The summed E-state index contributed by atoms with van der Waals surface area (Å²) >= 11 is 0. The molecule has 1 aliphatic heterocycles. The van der Waals surface area contributed by atoms with Crippen molar-refractivity contribution in [1.82, 2.24) is 4.90 Å². The summed E-state index contributed by atoms with van der Waals surface area (Å²) in [5.74, 6) is -0.335. The van der Waals surface area contributed by atoms with Crippen LogP contribution in [0.15, 0.2) is 53.2 Å². The molecule has 0 atom stereocenters. The Morgan fingerprint density at radius 3 is 2.81 bits per heavy atom. The summed E-state index contributed by atoms with van der Waals surface area (Å²) in [4.78, 5) is 18.2. The molecule has 1 aliphatic rings. The molecule has 0 spiro atoms. The van der Waals surface area contributed by atoms with Gasteiger partial charge in [-0.2, -0.15) is 13.2 Å². The molecule has 0 aromatic heterocycles. The number of carbonyl (C=O) groups is 1. The summed E-state index contributed by atoms with van der Waals surface area (Å²) in [5.41, 5.74) is 5.79. The average molecular weight is 367 g/mol. The second-order valence-electron chi connectivity index (χ2n) is 5.58. The van der Waals surface area contributed by atoms with E-state index in [-0.39, 0.29) is 24.4 Å². The molecule has 2 rings (SSSR count). The number of ether oxygens (including phenoxy) is 1. The van der Waals surface area contributed by atoms with Gasteiger partial charge in [0, 0.05) is 18.8 Å². The Bertz CT molecular complexity index is 754. The number of allylic oxidation sites excluding steroid dienone is 1.